The number of halogens is 1. The van der Waals surface area contributed by atoms with E-state index in [0.717, 1.165) is 27.8 Å². The second-order valence-electron chi connectivity index (χ2n) is 13.5. The van der Waals surface area contributed by atoms with Crippen molar-refractivity contribution in [2.45, 2.75) is 77.4 Å². The summed E-state index contributed by atoms with van der Waals surface area (Å²) < 4.78 is 17.9. The summed E-state index contributed by atoms with van der Waals surface area (Å²) >= 11 is 6.79. The molecule has 0 fully saturated rings. The van der Waals surface area contributed by atoms with Gasteiger partial charge in [0.25, 0.3) is 6.47 Å². The van der Waals surface area contributed by atoms with Crippen molar-refractivity contribution < 1.29 is 28.9 Å². The number of nitrogens with one attached hydrogen (secondary N) is 1. The molecule has 0 aliphatic heterocycles. The molecule has 0 saturated heterocycles. The van der Waals surface area contributed by atoms with Gasteiger partial charge in [-0.2, -0.15) is 5.26 Å². The standard InChI is InChI=1S/C42H50ClN9O6/c1-27-32(8-3-10-35(27)31-7-2-6-28(17-31)12-13-34(58-26-53)9-4-14-50-41(45)46)25-57-39-19-38(56-24-30-16-29(20-44)21-49-22-30)33(18-36(39)43)23-52-37(40(54)55)11-5-15-51-42(47)48/h2-3,6-8,10,16-19,21-22,26,34,37,52H,4-5,9,11-15,23-25H2,1H3,(H,54,55)(H4,45,46,50)(H4,47,48,51)/t34-,37+/m1/s1. The molecule has 0 aliphatic rings. The van der Waals surface area contributed by atoms with E-state index in [0.29, 0.717) is 84.9 Å². The summed E-state index contributed by atoms with van der Waals surface area (Å²) in [4.78, 5) is 35.2. The molecule has 0 radical (unpaired) electrons. The molecule has 0 saturated carbocycles. The fraction of sp³-hybridized carbons (Fsp3) is 0.333. The predicted octanol–water partition coefficient (Wildman–Crippen LogP) is 4.86. The Morgan fingerprint density at radius 3 is 2.34 bits per heavy atom. The maximum absolute atomic E-state index is 12.1. The van der Waals surface area contributed by atoms with Gasteiger partial charge in [0.05, 0.1) is 10.6 Å². The van der Waals surface area contributed by atoms with Crippen LogP contribution in [0, 0.1) is 18.3 Å². The minimum atomic E-state index is -1.02. The van der Waals surface area contributed by atoms with Gasteiger partial charge >= 0.3 is 5.97 Å². The minimum Gasteiger partial charge on any atom is -0.488 e. The number of aryl methyl sites for hydroxylation is 1. The summed E-state index contributed by atoms with van der Waals surface area (Å²) in [7, 11) is 0. The van der Waals surface area contributed by atoms with E-state index in [1.165, 1.54) is 6.20 Å². The Balaban J connectivity index is 1.50. The largest absolute Gasteiger partial charge is 0.488 e. The zero-order valence-electron chi connectivity index (χ0n) is 32.4. The van der Waals surface area contributed by atoms with Crippen LogP contribution in [0.3, 0.4) is 0 Å². The first-order valence-corrected chi connectivity index (χ1v) is 19.1. The lowest BCUT2D eigenvalue weighted by Gasteiger charge is -2.19. The molecule has 10 N–H and O–H groups in total. The van der Waals surface area contributed by atoms with Crippen LogP contribution in [-0.2, 0) is 40.5 Å². The van der Waals surface area contributed by atoms with Gasteiger partial charge in [-0.15, -0.1) is 0 Å². The number of rotatable bonds is 24. The molecule has 0 unspecified atom stereocenters. The van der Waals surface area contributed by atoms with Crippen LogP contribution in [-0.4, -0.2) is 59.7 Å². The monoisotopic (exact) mass is 811 g/mol. The van der Waals surface area contributed by atoms with E-state index in [2.05, 4.69) is 50.6 Å². The fourth-order valence-electron chi connectivity index (χ4n) is 6.21. The number of hydrogen-bond donors (Lipinski definition) is 6. The molecule has 306 valence electrons. The number of carbonyl (C=O) groups excluding carboxylic acids is 1. The predicted molar refractivity (Wildman–Crippen MR) is 223 cm³/mol. The molecule has 2 atom stereocenters. The van der Waals surface area contributed by atoms with E-state index >= 15 is 0 Å². The Hall–Kier alpha value is -6.37. The Bertz CT molecular complexity index is 2100. The van der Waals surface area contributed by atoms with Crippen LogP contribution >= 0.6 is 11.6 Å². The lowest BCUT2D eigenvalue weighted by Crippen LogP contribution is -2.36. The average molecular weight is 812 g/mol. The van der Waals surface area contributed by atoms with E-state index in [4.69, 9.17) is 48.7 Å². The number of nitrogens with zero attached hydrogens (tertiary/aromatic N) is 4. The Labute approximate surface area is 343 Å². The van der Waals surface area contributed by atoms with Crippen molar-refractivity contribution in [1.29, 1.82) is 5.26 Å². The van der Waals surface area contributed by atoms with Crippen LogP contribution < -0.4 is 37.7 Å². The molecule has 15 nitrogen and oxygen atoms in total. The lowest BCUT2D eigenvalue weighted by atomic mass is 9.94. The summed E-state index contributed by atoms with van der Waals surface area (Å²) in [5.74, 6) is -0.258. The number of carbonyl (C=O) groups is 2. The number of nitriles is 1. The minimum absolute atomic E-state index is 0.0365. The van der Waals surface area contributed by atoms with Crippen molar-refractivity contribution in [2.75, 3.05) is 13.1 Å². The van der Waals surface area contributed by atoms with Crippen LogP contribution in [0.2, 0.25) is 5.02 Å². The van der Waals surface area contributed by atoms with Gasteiger partial charge in [-0.1, -0.05) is 54.1 Å². The zero-order chi connectivity index (χ0) is 41.9. The first-order chi connectivity index (χ1) is 28.0. The molecule has 0 aliphatic carbocycles. The second kappa shape index (κ2) is 23.0. The normalized spacial score (nSPS) is 11.7. The molecule has 4 aromatic rings. The number of ether oxygens (including phenoxy) is 3. The number of pyridine rings is 1. The maximum atomic E-state index is 12.1. The highest BCUT2D eigenvalue weighted by molar-refractivity contribution is 6.32. The Morgan fingerprint density at radius 2 is 1.64 bits per heavy atom. The SMILES string of the molecule is Cc1c(COc2cc(OCc3cncc(C#N)c3)c(CN[C@@H](CCCN=C(N)N)C(=O)O)cc2Cl)cccc1-c1cccc(CC[C@@H](CCCN=C(N)N)OC=O)c1. The molecule has 0 amide bonds. The average Bonchev–Trinajstić information content (AvgIpc) is 3.20. The molecule has 1 aromatic heterocycles. The summed E-state index contributed by atoms with van der Waals surface area (Å²) in [6, 6.07) is 20.5. The lowest BCUT2D eigenvalue weighted by molar-refractivity contribution is -0.139. The van der Waals surface area contributed by atoms with E-state index < -0.39 is 12.0 Å². The van der Waals surface area contributed by atoms with E-state index in [9.17, 15) is 20.0 Å². The number of carboxylic acid groups (broad SMARTS) is 1. The molecule has 1 heterocycles. The number of carboxylic acids is 1. The molecular formula is C42H50ClN9O6. The quantitative estimate of drug-likeness (QED) is 0.0239. The third-order valence-electron chi connectivity index (χ3n) is 9.26. The van der Waals surface area contributed by atoms with Gasteiger partial charge in [0.2, 0.25) is 0 Å². The molecule has 0 bridgehead atoms. The molecule has 4 rings (SSSR count). The van der Waals surface area contributed by atoms with Crippen molar-refractivity contribution in [3.05, 3.63) is 111 Å². The molecule has 0 spiro atoms. The van der Waals surface area contributed by atoms with Crippen molar-refractivity contribution >= 4 is 36.0 Å². The summed E-state index contributed by atoms with van der Waals surface area (Å²) in [6.07, 6.45) is 6.26. The maximum Gasteiger partial charge on any atom is 0.320 e. The third-order valence-corrected chi connectivity index (χ3v) is 9.56. The smallest absolute Gasteiger partial charge is 0.320 e. The van der Waals surface area contributed by atoms with Crippen LogP contribution in [0.15, 0.2) is 83.0 Å². The number of hydrogen-bond acceptors (Lipinski definition) is 10. The number of nitrogens with two attached hydrogens (primary N) is 4. The van der Waals surface area contributed by atoms with Crippen LogP contribution in [0.1, 0.15) is 65.5 Å². The number of aliphatic carboxylic acids is 1. The van der Waals surface area contributed by atoms with Crippen LogP contribution in [0.4, 0.5) is 0 Å². The summed E-state index contributed by atoms with van der Waals surface area (Å²) in [5.41, 5.74) is 28.4. The Morgan fingerprint density at radius 1 is 0.914 bits per heavy atom. The van der Waals surface area contributed by atoms with Crippen LogP contribution in [0.5, 0.6) is 11.5 Å². The highest BCUT2D eigenvalue weighted by Gasteiger charge is 2.19. The van der Waals surface area contributed by atoms with Gasteiger partial charge < -0.3 is 47.6 Å². The van der Waals surface area contributed by atoms with Gasteiger partial charge in [0, 0.05) is 49.2 Å². The first kappa shape index (κ1) is 44.3. The number of aromatic nitrogens is 1. The van der Waals surface area contributed by atoms with E-state index in [1.54, 1.807) is 24.4 Å². The topological polar surface area (TPSA) is 260 Å². The molecular weight excluding hydrogens is 762 g/mol. The highest BCUT2D eigenvalue weighted by Crippen LogP contribution is 2.35. The summed E-state index contributed by atoms with van der Waals surface area (Å²) in [6.45, 7) is 3.70. The van der Waals surface area contributed by atoms with E-state index in [1.807, 2.05) is 25.1 Å². The van der Waals surface area contributed by atoms with Gasteiger partial charge in [-0.05, 0) is 85.4 Å². The molecule has 16 heteroatoms. The second-order valence-corrected chi connectivity index (χ2v) is 13.9. The van der Waals surface area contributed by atoms with Gasteiger partial charge in [-0.3, -0.25) is 24.6 Å². The number of guanidine groups is 2. The van der Waals surface area contributed by atoms with Gasteiger partial charge in [0.1, 0.15) is 42.9 Å². The van der Waals surface area contributed by atoms with E-state index in [-0.39, 0.29) is 44.2 Å². The van der Waals surface area contributed by atoms with Crippen molar-refractivity contribution in [1.82, 2.24) is 10.3 Å². The Kier molecular flexibility index (Phi) is 17.6. The summed E-state index contributed by atoms with van der Waals surface area (Å²) in [5, 5.41) is 22.6. The van der Waals surface area contributed by atoms with Gasteiger partial charge in [0.15, 0.2) is 11.9 Å². The number of aliphatic imine (C=N–C) groups is 2. The van der Waals surface area contributed by atoms with Crippen molar-refractivity contribution in [3.8, 4) is 28.7 Å². The number of benzene rings is 3. The zero-order valence-corrected chi connectivity index (χ0v) is 33.2. The van der Waals surface area contributed by atoms with Crippen molar-refractivity contribution in [2.24, 2.45) is 32.9 Å². The molecule has 58 heavy (non-hydrogen) atoms. The van der Waals surface area contributed by atoms with Crippen molar-refractivity contribution in [3.63, 3.8) is 0 Å². The third kappa shape index (κ3) is 14.3. The molecule has 3 aromatic carbocycles. The van der Waals surface area contributed by atoms with Gasteiger partial charge in [-0.25, -0.2) is 0 Å². The highest BCUT2D eigenvalue weighted by atomic mass is 35.5. The first-order valence-electron chi connectivity index (χ1n) is 18.7. The van der Waals surface area contributed by atoms with Crippen LogP contribution in [0.25, 0.3) is 11.1 Å². The fourth-order valence-corrected chi connectivity index (χ4v) is 6.45.